The number of benzene rings is 6. The van der Waals surface area contributed by atoms with Crippen molar-refractivity contribution in [2.24, 2.45) is 0 Å². The number of imidazole rings is 1. The Bertz CT molecular complexity index is 3080. The van der Waals surface area contributed by atoms with Gasteiger partial charge >= 0.3 is 21.1 Å². The van der Waals surface area contributed by atoms with Gasteiger partial charge in [-0.1, -0.05) is 143 Å². The van der Waals surface area contributed by atoms with Crippen molar-refractivity contribution in [3.63, 3.8) is 0 Å². The number of nitrogens with zero attached hydrogens (tertiary/aromatic N) is 3. The molecule has 0 N–H and O–H groups in total. The van der Waals surface area contributed by atoms with Gasteiger partial charge in [-0.2, -0.15) is 7.11 Å². The molecule has 0 spiro atoms. The molecule has 0 saturated carbocycles. The third-order valence-corrected chi connectivity index (χ3v) is 11.1. The molecule has 2 aromatic heterocycles. The van der Waals surface area contributed by atoms with Crippen LogP contribution in [-0.4, -0.2) is 14.5 Å². The number of hydrogen-bond acceptors (Lipinski definition) is 3. The Morgan fingerprint density at radius 3 is 1.98 bits per heavy atom. The summed E-state index contributed by atoms with van der Waals surface area (Å²) in [4.78, 5) is 10.3. The van der Waals surface area contributed by atoms with E-state index >= 15 is 0 Å². The van der Waals surface area contributed by atoms with Gasteiger partial charge in [0, 0.05) is 25.7 Å². The number of aromatic nitrogens is 3. The molecule has 0 aliphatic carbocycles. The van der Waals surface area contributed by atoms with Crippen LogP contribution in [0.1, 0.15) is 83.1 Å². The van der Waals surface area contributed by atoms with Gasteiger partial charge in [-0.3, -0.25) is 9.55 Å². The normalized spacial score (nSPS) is 13.7. The fourth-order valence-corrected chi connectivity index (χ4v) is 7.87. The van der Waals surface area contributed by atoms with Crippen LogP contribution in [0.5, 0.6) is 5.75 Å². The summed E-state index contributed by atoms with van der Waals surface area (Å²) in [5.41, 5.74) is 14.0. The zero-order valence-corrected chi connectivity index (χ0v) is 37.7. The first kappa shape index (κ1) is 35.2. The van der Waals surface area contributed by atoms with Gasteiger partial charge in [0.1, 0.15) is 5.82 Å². The van der Waals surface area contributed by atoms with Crippen molar-refractivity contribution in [1.29, 1.82) is 0 Å². The van der Waals surface area contributed by atoms with Crippen molar-refractivity contribution in [3.8, 4) is 67.5 Å². The molecule has 0 bridgehead atoms. The van der Waals surface area contributed by atoms with Crippen molar-refractivity contribution >= 4 is 11.0 Å². The SMILES string of the molecule is [2H]C([2H])([2H])c1ccc(-c2ccnc(-c3[c-]c(-c4cccc5c4nc(-c4cc(C)cc(C)c4O[CH2-])n5-c4ccc(C([2H])([2H])[2H])cc4-c4ccc(C(C)(C)C)cc4)cc(C(C)(C)C)c3)c2)cc1.[Pt+2]. The van der Waals surface area contributed by atoms with E-state index in [1.54, 1.807) is 30.5 Å². The number of pyridine rings is 1. The summed E-state index contributed by atoms with van der Waals surface area (Å²) in [5, 5.41) is 0. The second-order valence-electron chi connectivity index (χ2n) is 17.6. The van der Waals surface area contributed by atoms with Crippen LogP contribution in [0.25, 0.3) is 72.7 Å². The third-order valence-electron chi connectivity index (χ3n) is 11.1. The minimum absolute atomic E-state index is 0. The Hall–Kier alpha value is -5.57. The van der Waals surface area contributed by atoms with E-state index in [1.807, 2.05) is 56.3 Å². The average molecular weight is 973 g/mol. The van der Waals surface area contributed by atoms with E-state index < -0.39 is 13.7 Å². The van der Waals surface area contributed by atoms with Crippen LogP contribution in [0.2, 0.25) is 0 Å². The maximum atomic E-state index is 8.41. The molecule has 0 amide bonds. The van der Waals surface area contributed by atoms with Crippen LogP contribution in [0.3, 0.4) is 0 Å². The fourth-order valence-electron chi connectivity index (χ4n) is 7.87. The minimum atomic E-state index is -2.33. The Kier molecular flexibility index (Phi) is 9.67. The molecule has 8 aromatic rings. The first-order valence-corrected chi connectivity index (χ1v) is 20.0. The summed E-state index contributed by atoms with van der Waals surface area (Å²) in [7, 11) is 3.86. The van der Waals surface area contributed by atoms with E-state index in [1.165, 1.54) is 5.56 Å². The molecule has 5 heteroatoms. The first-order chi connectivity index (χ1) is 30.5. The second-order valence-corrected chi connectivity index (χ2v) is 17.6. The number of fused-ring (bicyclic) bond motifs is 1. The third kappa shape index (κ3) is 8.28. The molecule has 0 radical (unpaired) electrons. The van der Waals surface area contributed by atoms with Gasteiger partial charge in [-0.05, 0) is 102 Å². The van der Waals surface area contributed by atoms with E-state index in [0.29, 0.717) is 11.6 Å². The molecule has 0 unspecified atom stereocenters. The first-order valence-electron chi connectivity index (χ1n) is 23.0. The van der Waals surface area contributed by atoms with Gasteiger partial charge in [0.2, 0.25) is 0 Å². The van der Waals surface area contributed by atoms with Crippen LogP contribution >= 0.6 is 0 Å². The van der Waals surface area contributed by atoms with Crippen molar-refractivity contribution < 1.29 is 34.0 Å². The summed E-state index contributed by atoms with van der Waals surface area (Å²) in [5.74, 6) is 1.20. The van der Waals surface area contributed by atoms with E-state index in [-0.39, 0.29) is 43.0 Å². The van der Waals surface area contributed by atoms with E-state index in [2.05, 4.69) is 114 Å². The molecule has 2 heterocycles. The number of rotatable bonds is 7. The molecule has 8 rings (SSSR count). The van der Waals surface area contributed by atoms with E-state index in [4.69, 9.17) is 22.9 Å². The van der Waals surface area contributed by atoms with Gasteiger partial charge in [-0.15, -0.1) is 29.3 Å². The predicted molar refractivity (Wildman–Crippen MR) is 247 cm³/mol. The molecule has 0 fully saturated rings. The molecule has 0 saturated heterocycles. The standard InChI is InChI=1S/C55H53N3O.Pt/c1-34-15-18-38(19-16-34)40-25-26-56-48(33-40)42-30-41(31-44(32-42)55(8,9)10)45-13-12-14-50-51(45)57-53(47-29-36(3)27-37(4)52(47)59-11)58(50)49-24-17-35(2)28-46(49)39-20-22-43(23-21-39)54(5,6)7;/h12-29,31-33H,11H2,1-10H3;/q-2;+2/i1D3,2D3;. The minimum Gasteiger partial charge on any atom is -0.665 e. The Morgan fingerprint density at radius 2 is 1.30 bits per heavy atom. The van der Waals surface area contributed by atoms with Crippen molar-refractivity contribution in [3.05, 3.63) is 174 Å². The summed E-state index contributed by atoms with van der Waals surface area (Å²) >= 11 is 0. The molecule has 304 valence electrons. The van der Waals surface area contributed by atoms with Gasteiger partial charge < -0.3 is 4.74 Å². The Morgan fingerprint density at radius 1 is 0.633 bits per heavy atom. The number of ether oxygens (including phenoxy) is 1. The van der Waals surface area contributed by atoms with Crippen LogP contribution in [0, 0.1) is 40.7 Å². The monoisotopic (exact) mass is 972 g/mol. The van der Waals surface area contributed by atoms with E-state index in [0.717, 1.165) is 83.6 Å². The molecule has 6 aromatic carbocycles. The largest absolute Gasteiger partial charge is 2.00 e. The van der Waals surface area contributed by atoms with Crippen LogP contribution in [0.4, 0.5) is 0 Å². The quantitative estimate of drug-likeness (QED) is 0.149. The molecule has 0 aliphatic heterocycles. The maximum Gasteiger partial charge on any atom is 2.00 e. The molecular weight excluding hydrogens is 914 g/mol. The Balaban J connectivity index is 0.00000648. The fraction of sp³-hybridized carbons (Fsp3) is 0.218. The summed E-state index contributed by atoms with van der Waals surface area (Å²) in [6.07, 6.45) is 1.77. The molecule has 0 atom stereocenters. The topological polar surface area (TPSA) is 39.9 Å². The predicted octanol–water partition coefficient (Wildman–Crippen LogP) is 14.6. The van der Waals surface area contributed by atoms with Crippen molar-refractivity contribution in [1.82, 2.24) is 14.5 Å². The van der Waals surface area contributed by atoms with Gasteiger partial charge in [0.25, 0.3) is 0 Å². The average Bonchev–Trinajstić information content (AvgIpc) is 3.64. The summed E-state index contributed by atoms with van der Waals surface area (Å²) in [6.45, 7) is 12.6. The molecular formula is C55H53N3OPt. The number of aryl methyl sites for hydroxylation is 4. The zero-order valence-electron chi connectivity index (χ0n) is 41.4. The number of para-hydroxylation sites is 1. The smallest absolute Gasteiger partial charge is 0.665 e. The van der Waals surface area contributed by atoms with Crippen molar-refractivity contribution in [2.45, 2.75) is 79.9 Å². The zero-order chi connectivity index (χ0) is 46.8. The van der Waals surface area contributed by atoms with Gasteiger partial charge in [0.15, 0.2) is 0 Å². The van der Waals surface area contributed by atoms with Crippen LogP contribution < -0.4 is 4.74 Å². The van der Waals surface area contributed by atoms with Crippen LogP contribution in [0.15, 0.2) is 128 Å². The van der Waals surface area contributed by atoms with Gasteiger partial charge in [-0.25, -0.2) is 4.98 Å². The van der Waals surface area contributed by atoms with Gasteiger partial charge in [0.05, 0.1) is 28.0 Å². The number of hydrogen-bond donors (Lipinski definition) is 0. The summed E-state index contributed by atoms with van der Waals surface area (Å²) in [6, 6.07) is 42.9. The van der Waals surface area contributed by atoms with Crippen LogP contribution in [-0.2, 0) is 31.9 Å². The van der Waals surface area contributed by atoms with E-state index in [9.17, 15) is 0 Å². The Labute approximate surface area is 379 Å². The summed E-state index contributed by atoms with van der Waals surface area (Å²) < 4.78 is 56.7. The maximum absolute atomic E-state index is 8.41. The molecule has 4 nitrogen and oxygen atoms in total. The van der Waals surface area contributed by atoms with Crippen molar-refractivity contribution in [2.75, 3.05) is 0 Å². The molecule has 60 heavy (non-hydrogen) atoms. The second kappa shape index (κ2) is 16.5. The molecule has 0 aliphatic rings.